The lowest BCUT2D eigenvalue weighted by Gasteiger charge is -1.97. The third-order valence-electron chi connectivity index (χ3n) is 2.40. The molecule has 0 bridgehead atoms. The zero-order valence-electron chi connectivity index (χ0n) is 10.2. The predicted octanol–water partition coefficient (Wildman–Crippen LogP) is 3.15. The smallest absolute Gasteiger partial charge is 0.118 e. The maximum atomic E-state index is 5.08. The molecule has 2 rings (SSSR count). The van der Waals surface area contributed by atoms with Crippen molar-refractivity contribution >= 4 is 12.4 Å². The van der Waals surface area contributed by atoms with Crippen molar-refractivity contribution < 1.29 is 4.74 Å². The Balaban J connectivity index is 1.96. The Bertz CT molecular complexity index is 530. The molecular formula is C15H14N2O. The van der Waals surface area contributed by atoms with Crippen molar-refractivity contribution in [3.63, 3.8) is 0 Å². The van der Waals surface area contributed by atoms with Crippen LogP contribution in [0.15, 0.2) is 64.8 Å². The highest BCUT2D eigenvalue weighted by molar-refractivity contribution is 5.82. The summed E-state index contributed by atoms with van der Waals surface area (Å²) in [5, 5.41) is 7.99. The molecule has 0 saturated heterocycles. The van der Waals surface area contributed by atoms with Crippen molar-refractivity contribution in [1.82, 2.24) is 0 Å². The van der Waals surface area contributed by atoms with Gasteiger partial charge in [-0.2, -0.15) is 10.2 Å². The van der Waals surface area contributed by atoms with E-state index >= 15 is 0 Å². The minimum absolute atomic E-state index is 0.833. The second-order valence-corrected chi connectivity index (χ2v) is 3.67. The third kappa shape index (κ3) is 3.56. The molecule has 2 aromatic carbocycles. The van der Waals surface area contributed by atoms with Crippen molar-refractivity contribution in [3.05, 3.63) is 65.7 Å². The molecule has 0 N–H and O–H groups in total. The van der Waals surface area contributed by atoms with Crippen molar-refractivity contribution in [2.24, 2.45) is 10.2 Å². The average molecular weight is 238 g/mol. The Morgan fingerprint density at radius 3 is 1.89 bits per heavy atom. The van der Waals surface area contributed by atoms with Crippen LogP contribution in [0.2, 0.25) is 0 Å². The predicted molar refractivity (Wildman–Crippen MR) is 74.6 cm³/mol. The van der Waals surface area contributed by atoms with Gasteiger partial charge in [0.25, 0.3) is 0 Å². The zero-order valence-corrected chi connectivity index (χ0v) is 10.2. The van der Waals surface area contributed by atoms with Crippen LogP contribution in [0.5, 0.6) is 5.75 Å². The number of methoxy groups -OCH3 is 1. The molecular weight excluding hydrogens is 224 g/mol. The first-order valence-corrected chi connectivity index (χ1v) is 5.64. The summed E-state index contributed by atoms with van der Waals surface area (Å²) in [6, 6.07) is 17.5. The van der Waals surface area contributed by atoms with Crippen molar-refractivity contribution in [2.45, 2.75) is 0 Å². The lowest BCUT2D eigenvalue weighted by atomic mass is 10.2. The lowest BCUT2D eigenvalue weighted by molar-refractivity contribution is 0.415. The van der Waals surface area contributed by atoms with E-state index in [0.717, 1.165) is 16.9 Å². The molecule has 3 nitrogen and oxygen atoms in total. The fourth-order valence-corrected chi connectivity index (χ4v) is 1.43. The Kier molecular flexibility index (Phi) is 4.25. The molecule has 0 fully saturated rings. The summed E-state index contributed by atoms with van der Waals surface area (Å²) in [6.07, 6.45) is 3.43. The first kappa shape index (κ1) is 12.0. The van der Waals surface area contributed by atoms with Crippen molar-refractivity contribution in [2.75, 3.05) is 7.11 Å². The molecule has 3 heteroatoms. The number of ether oxygens (including phenoxy) is 1. The van der Waals surface area contributed by atoms with Crippen LogP contribution in [0.25, 0.3) is 0 Å². The fraction of sp³-hybridized carbons (Fsp3) is 0.0667. The van der Waals surface area contributed by atoms with Crippen LogP contribution in [0.1, 0.15) is 11.1 Å². The van der Waals surface area contributed by atoms with E-state index in [9.17, 15) is 0 Å². The molecule has 0 aliphatic carbocycles. The normalized spacial score (nSPS) is 11.2. The molecule has 2 aromatic rings. The maximum Gasteiger partial charge on any atom is 0.118 e. The van der Waals surface area contributed by atoms with E-state index in [4.69, 9.17) is 4.74 Å². The van der Waals surface area contributed by atoms with Crippen LogP contribution in [0.4, 0.5) is 0 Å². The Hall–Kier alpha value is -2.42. The molecule has 0 amide bonds. The molecule has 0 spiro atoms. The summed E-state index contributed by atoms with van der Waals surface area (Å²) >= 11 is 0. The number of hydrogen-bond acceptors (Lipinski definition) is 3. The van der Waals surface area contributed by atoms with Gasteiger partial charge in [-0.15, -0.1) is 0 Å². The van der Waals surface area contributed by atoms with E-state index in [1.165, 1.54) is 0 Å². The van der Waals surface area contributed by atoms with Crippen LogP contribution in [-0.2, 0) is 0 Å². The summed E-state index contributed by atoms with van der Waals surface area (Å²) in [7, 11) is 1.65. The van der Waals surface area contributed by atoms with Gasteiger partial charge in [0.1, 0.15) is 5.75 Å². The van der Waals surface area contributed by atoms with Gasteiger partial charge in [-0.3, -0.25) is 0 Å². The maximum absolute atomic E-state index is 5.08. The monoisotopic (exact) mass is 238 g/mol. The van der Waals surface area contributed by atoms with Crippen LogP contribution in [0.3, 0.4) is 0 Å². The van der Waals surface area contributed by atoms with E-state index in [2.05, 4.69) is 10.2 Å². The van der Waals surface area contributed by atoms with Gasteiger partial charge in [-0.05, 0) is 35.4 Å². The molecule has 0 unspecified atom stereocenters. The summed E-state index contributed by atoms with van der Waals surface area (Å²) in [5.74, 6) is 0.833. The quantitative estimate of drug-likeness (QED) is 0.595. The lowest BCUT2D eigenvalue weighted by Crippen LogP contribution is -1.84. The molecule has 0 aliphatic heterocycles. The molecule has 0 heterocycles. The number of rotatable bonds is 4. The molecule has 90 valence electrons. The topological polar surface area (TPSA) is 34.0 Å². The highest BCUT2D eigenvalue weighted by Crippen LogP contribution is 2.09. The van der Waals surface area contributed by atoms with Gasteiger partial charge < -0.3 is 4.74 Å². The van der Waals surface area contributed by atoms with E-state index in [0.29, 0.717) is 0 Å². The summed E-state index contributed by atoms with van der Waals surface area (Å²) in [6.45, 7) is 0. The first-order valence-electron chi connectivity index (χ1n) is 5.64. The Morgan fingerprint density at radius 1 is 0.778 bits per heavy atom. The van der Waals surface area contributed by atoms with Crippen LogP contribution >= 0.6 is 0 Å². The molecule has 0 aliphatic rings. The summed E-state index contributed by atoms with van der Waals surface area (Å²) in [4.78, 5) is 0. The molecule has 0 aromatic heterocycles. The second-order valence-electron chi connectivity index (χ2n) is 3.67. The van der Waals surface area contributed by atoms with Crippen LogP contribution < -0.4 is 4.74 Å². The van der Waals surface area contributed by atoms with Gasteiger partial charge >= 0.3 is 0 Å². The van der Waals surface area contributed by atoms with E-state index in [1.807, 2.05) is 54.6 Å². The molecule has 0 saturated carbocycles. The van der Waals surface area contributed by atoms with Gasteiger partial charge in [0.2, 0.25) is 0 Å². The first-order chi connectivity index (χ1) is 8.88. The van der Waals surface area contributed by atoms with E-state index < -0.39 is 0 Å². The molecule has 18 heavy (non-hydrogen) atoms. The SMILES string of the molecule is COc1ccc(/C=N/N=C/c2ccccc2)cc1. The van der Waals surface area contributed by atoms with E-state index in [1.54, 1.807) is 19.5 Å². The zero-order chi connectivity index (χ0) is 12.6. The minimum Gasteiger partial charge on any atom is -0.497 e. The number of hydrogen-bond donors (Lipinski definition) is 0. The number of nitrogens with zero attached hydrogens (tertiary/aromatic N) is 2. The van der Waals surface area contributed by atoms with Gasteiger partial charge in [0.15, 0.2) is 0 Å². The third-order valence-corrected chi connectivity index (χ3v) is 2.40. The van der Waals surface area contributed by atoms with Gasteiger partial charge in [0.05, 0.1) is 19.5 Å². The Labute approximate surface area is 106 Å². The van der Waals surface area contributed by atoms with Gasteiger partial charge in [-0.1, -0.05) is 30.3 Å². The molecule has 0 radical (unpaired) electrons. The second kappa shape index (κ2) is 6.35. The summed E-state index contributed by atoms with van der Waals surface area (Å²) < 4.78 is 5.08. The molecule has 0 atom stereocenters. The van der Waals surface area contributed by atoms with Crippen LogP contribution in [0, 0.1) is 0 Å². The Morgan fingerprint density at radius 2 is 1.33 bits per heavy atom. The highest BCUT2D eigenvalue weighted by Gasteiger charge is 1.89. The largest absolute Gasteiger partial charge is 0.497 e. The fourth-order valence-electron chi connectivity index (χ4n) is 1.43. The van der Waals surface area contributed by atoms with Gasteiger partial charge in [-0.25, -0.2) is 0 Å². The van der Waals surface area contributed by atoms with E-state index in [-0.39, 0.29) is 0 Å². The van der Waals surface area contributed by atoms with Crippen molar-refractivity contribution in [3.8, 4) is 5.75 Å². The van der Waals surface area contributed by atoms with Crippen LogP contribution in [-0.4, -0.2) is 19.5 Å². The standard InChI is InChI=1S/C15H14N2O/c1-18-15-9-7-14(8-10-15)12-17-16-11-13-5-3-2-4-6-13/h2-12H,1H3/b16-11+,17-12+. The number of benzene rings is 2. The average Bonchev–Trinajstić information content (AvgIpc) is 2.45. The minimum atomic E-state index is 0.833. The van der Waals surface area contributed by atoms with Gasteiger partial charge in [0, 0.05) is 0 Å². The van der Waals surface area contributed by atoms with Crippen molar-refractivity contribution in [1.29, 1.82) is 0 Å². The summed E-state index contributed by atoms with van der Waals surface area (Å²) in [5.41, 5.74) is 2.02. The highest BCUT2D eigenvalue weighted by atomic mass is 16.5.